The van der Waals surface area contributed by atoms with E-state index < -0.39 is 11.2 Å². The lowest BCUT2D eigenvalue weighted by molar-refractivity contribution is 0.0988. The molecule has 1 aromatic heterocycles. The third kappa shape index (κ3) is 3.55. The molecule has 7 heteroatoms. The molecule has 0 atom stereocenters. The van der Waals surface area contributed by atoms with Gasteiger partial charge in [-0.05, 0) is 36.2 Å². The van der Waals surface area contributed by atoms with Gasteiger partial charge in [-0.1, -0.05) is 43.7 Å². The zero-order chi connectivity index (χ0) is 20.3. The van der Waals surface area contributed by atoms with Crippen LogP contribution in [0, 0.1) is 0 Å². The van der Waals surface area contributed by atoms with E-state index in [4.69, 9.17) is 5.73 Å². The van der Waals surface area contributed by atoms with Gasteiger partial charge >= 0.3 is 5.69 Å². The number of nitrogens with two attached hydrogens (primary N) is 1. The fourth-order valence-electron chi connectivity index (χ4n) is 3.26. The number of aromatic amines is 1. The third-order valence-electron chi connectivity index (χ3n) is 4.78. The summed E-state index contributed by atoms with van der Waals surface area (Å²) in [5.41, 5.74) is 5.40. The Balaban J connectivity index is 2.08. The van der Waals surface area contributed by atoms with Gasteiger partial charge in [0.25, 0.3) is 11.5 Å². The predicted molar refractivity (Wildman–Crippen MR) is 112 cm³/mol. The van der Waals surface area contributed by atoms with Gasteiger partial charge in [0.1, 0.15) is 5.82 Å². The van der Waals surface area contributed by atoms with Crippen molar-refractivity contribution < 1.29 is 4.79 Å². The molecule has 146 valence electrons. The summed E-state index contributed by atoms with van der Waals surface area (Å²) in [5, 5.41) is 1.95. The quantitative estimate of drug-likeness (QED) is 0.686. The third-order valence-corrected chi connectivity index (χ3v) is 4.78. The normalized spacial score (nSPS) is 10.9. The number of nitrogens with one attached hydrogen (secondary N) is 1. The van der Waals surface area contributed by atoms with Crippen molar-refractivity contribution in [2.45, 2.75) is 33.2 Å². The van der Waals surface area contributed by atoms with E-state index in [0.29, 0.717) is 12.1 Å². The van der Waals surface area contributed by atoms with Crippen LogP contribution in [0.2, 0.25) is 0 Å². The molecule has 0 aliphatic heterocycles. The number of aromatic nitrogens is 2. The van der Waals surface area contributed by atoms with Crippen molar-refractivity contribution in [3.63, 3.8) is 0 Å². The molecule has 28 heavy (non-hydrogen) atoms. The summed E-state index contributed by atoms with van der Waals surface area (Å²) in [5.74, 6) is -0.329. The molecular weight excluding hydrogens is 356 g/mol. The van der Waals surface area contributed by atoms with E-state index in [1.807, 2.05) is 37.3 Å². The maximum Gasteiger partial charge on any atom is 0.330 e. The van der Waals surface area contributed by atoms with Gasteiger partial charge in [-0.25, -0.2) is 4.79 Å². The molecule has 0 saturated carbocycles. The van der Waals surface area contributed by atoms with Gasteiger partial charge in [0.05, 0.1) is 0 Å². The molecular formula is C21H24N4O3. The molecule has 3 rings (SSSR count). The predicted octanol–water partition coefficient (Wildman–Crippen LogP) is 2.74. The summed E-state index contributed by atoms with van der Waals surface area (Å²) < 4.78 is 1.32. The summed E-state index contributed by atoms with van der Waals surface area (Å²) in [4.78, 5) is 41.4. The fraction of sp³-hybridized carbons (Fsp3) is 0.286. The number of carbonyl (C=O) groups is 1. The summed E-state index contributed by atoms with van der Waals surface area (Å²) in [6.45, 7) is 4.38. The lowest BCUT2D eigenvalue weighted by Gasteiger charge is -2.23. The average Bonchev–Trinajstić information content (AvgIpc) is 2.70. The number of nitrogens with zero attached hydrogens (tertiary/aromatic N) is 2. The molecule has 3 N–H and O–H groups in total. The van der Waals surface area contributed by atoms with Crippen LogP contribution < -0.4 is 21.9 Å². The number of nitrogen functional groups attached to an aromatic ring is 1. The molecule has 1 amide bonds. The number of fused-ring (bicyclic) bond motifs is 1. The summed E-state index contributed by atoms with van der Waals surface area (Å²) >= 11 is 0. The first-order valence-electron chi connectivity index (χ1n) is 9.41. The highest BCUT2D eigenvalue weighted by atomic mass is 16.2. The molecule has 0 bridgehead atoms. The van der Waals surface area contributed by atoms with Crippen molar-refractivity contribution in [2.75, 3.05) is 17.2 Å². The Bertz CT molecular complexity index is 1130. The smallest absolute Gasteiger partial charge is 0.330 e. The first-order valence-corrected chi connectivity index (χ1v) is 9.41. The van der Waals surface area contributed by atoms with Crippen molar-refractivity contribution in [1.29, 1.82) is 0 Å². The summed E-state index contributed by atoms with van der Waals surface area (Å²) in [7, 11) is 0. The molecule has 1 heterocycles. The Kier molecular flexibility index (Phi) is 5.63. The fourth-order valence-corrected chi connectivity index (χ4v) is 3.26. The zero-order valence-corrected chi connectivity index (χ0v) is 16.1. The molecule has 0 fully saturated rings. The van der Waals surface area contributed by atoms with E-state index in [1.54, 1.807) is 19.1 Å². The van der Waals surface area contributed by atoms with Crippen molar-refractivity contribution >= 4 is 28.2 Å². The Labute approximate surface area is 162 Å². The van der Waals surface area contributed by atoms with Crippen LogP contribution in [0.15, 0.2) is 52.1 Å². The lowest BCUT2D eigenvalue weighted by atomic mass is 10.1. The second-order valence-electron chi connectivity index (χ2n) is 6.61. The van der Waals surface area contributed by atoms with Gasteiger partial charge < -0.3 is 10.6 Å². The lowest BCUT2D eigenvalue weighted by Crippen LogP contribution is -2.41. The number of anilines is 2. The van der Waals surface area contributed by atoms with E-state index in [-0.39, 0.29) is 24.0 Å². The van der Waals surface area contributed by atoms with E-state index in [0.717, 1.165) is 23.6 Å². The van der Waals surface area contributed by atoms with Crippen LogP contribution in [0.4, 0.5) is 11.5 Å². The van der Waals surface area contributed by atoms with Crippen molar-refractivity contribution in [3.8, 4) is 0 Å². The van der Waals surface area contributed by atoms with Gasteiger partial charge in [-0.15, -0.1) is 0 Å². The van der Waals surface area contributed by atoms with E-state index in [2.05, 4.69) is 4.98 Å². The van der Waals surface area contributed by atoms with E-state index >= 15 is 0 Å². The van der Waals surface area contributed by atoms with Crippen LogP contribution in [0.25, 0.3) is 10.8 Å². The highest BCUT2D eigenvalue weighted by Gasteiger charge is 2.24. The highest BCUT2D eigenvalue weighted by Crippen LogP contribution is 2.22. The number of hydrogen-bond acceptors (Lipinski definition) is 4. The number of rotatable bonds is 6. The minimum atomic E-state index is -0.661. The molecule has 2 aromatic carbocycles. The van der Waals surface area contributed by atoms with Gasteiger partial charge in [0.15, 0.2) is 5.69 Å². The second kappa shape index (κ2) is 8.12. The highest BCUT2D eigenvalue weighted by molar-refractivity contribution is 6.08. The molecule has 0 unspecified atom stereocenters. The van der Waals surface area contributed by atoms with Gasteiger partial charge in [-0.2, -0.15) is 0 Å². The summed E-state index contributed by atoms with van der Waals surface area (Å²) in [6.07, 6.45) is 1.61. The number of hydrogen-bond donors (Lipinski definition) is 2. The minimum Gasteiger partial charge on any atom is -0.383 e. The number of carbonyl (C=O) groups excluding carboxylic acids is 1. The van der Waals surface area contributed by atoms with E-state index in [1.165, 1.54) is 9.47 Å². The Morgan fingerprint density at radius 1 is 1.11 bits per heavy atom. The van der Waals surface area contributed by atoms with Gasteiger partial charge in [0, 0.05) is 18.7 Å². The Morgan fingerprint density at radius 2 is 1.82 bits per heavy atom. The van der Waals surface area contributed by atoms with Crippen LogP contribution in [0.3, 0.4) is 0 Å². The molecule has 0 aliphatic rings. The SMILES string of the molecule is CCCCn1c(N)c(N(CC)C(=O)c2ccc3ccccc3c2)c(=O)[nH]c1=O. The molecule has 0 aliphatic carbocycles. The first kappa shape index (κ1) is 19.4. The maximum atomic E-state index is 13.2. The minimum absolute atomic E-state index is 0.0105. The zero-order valence-electron chi connectivity index (χ0n) is 16.1. The number of benzene rings is 2. The molecule has 7 nitrogen and oxygen atoms in total. The number of unbranched alkanes of at least 4 members (excludes halogenated alkanes) is 1. The number of amides is 1. The molecule has 0 saturated heterocycles. The van der Waals surface area contributed by atoms with Crippen molar-refractivity contribution in [3.05, 3.63) is 68.9 Å². The standard InChI is InChI=1S/C21H24N4O3/c1-3-5-12-25-18(22)17(19(26)23-21(25)28)24(4-2)20(27)16-11-10-14-8-6-7-9-15(14)13-16/h6-11,13H,3-5,12,22H2,1-2H3,(H,23,26,28). The van der Waals surface area contributed by atoms with Gasteiger partial charge in [0.2, 0.25) is 0 Å². The van der Waals surface area contributed by atoms with Crippen LogP contribution in [-0.4, -0.2) is 22.0 Å². The summed E-state index contributed by atoms with van der Waals surface area (Å²) in [6, 6.07) is 13.1. The number of H-pyrrole nitrogens is 1. The molecule has 0 spiro atoms. The monoisotopic (exact) mass is 380 g/mol. The molecule has 0 radical (unpaired) electrons. The Hall–Kier alpha value is -3.35. The van der Waals surface area contributed by atoms with Crippen LogP contribution in [0.1, 0.15) is 37.0 Å². The van der Waals surface area contributed by atoms with Crippen molar-refractivity contribution in [2.24, 2.45) is 0 Å². The van der Waals surface area contributed by atoms with Crippen LogP contribution in [-0.2, 0) is 6.54 Å². The average molecular weight is 380 g/mol. The maximum absolute atomic E-state index is 13.2. The Morgan fingerprint density at radius 3 is 2.50 bits per heavy atom. The topological polar surface area (TPSA) is 101 Å². The first-order chi connectivity index (χ1) is 13.5. The largest absolute Gasteiger partial charge is 0.383 e. The second-order valence-corrected chi connectivity index (χ2v) is 6.61. The van der Waals surface area contributed by atoms with Crippen molar-refractivity contribution in [1.82, 2.24) is 9.55 Å². The van der Waals surface area contributed by atoms with E-state index in [9.17, 15) is 14.4 Å². The van der Waals surface area contributed by atoms with Crippen LogP contribution in [0.5, 0.6) is 0 Å². The van der Waals surface area contributed by atoms with Crippen LogP contribution >= 0.6 is 0 Å². The molecule has 3 aromatic rings. The van der Waals surface area contributed by atoms with Gasteiger partial charge in [-0.3, -0.25) is 19.1 Å².